The Labute approximate surface area is 176 Å². The summed E-state index contributed by atoms with van der Waals surface area (Å²) >= 11 is 0. The van der Waals surface area contributed by atoms with E-state index in [-0.39, 0.29) is 29.3 Å². The summed E-state index contributed by atoms with van der Waals surface area (Å²) in [6, 6.07) is 5.12. The number of carbonyl (C=O) groups excluding carboxylic acids is 1. The van der Waals surface area contributed by atoms with E-state index in [0.29, 0.717) is 31.6 Å². The molecule has 10 heteroatoms. The maximum absolute atomic E-state index is 13.2. The summed E-state index contributed by atoms with van der Waals surface area (Å²) in [6.07, 6.45) is 5.73. The number of aromatic nitrogens is 3. The lowest BCUT2D eigenvalue weighted by Crippen LogP contribution is -2.47. The molecule has 9 nitrogen and oxygen atoms in total. The number of ether oxygens (including phenoxy) is 1. The Balaban J connectivity index is 1.48. The monoisotopic (exact) mass is 435 g/mol. The number of rotatable bonds is 7. The minimum absolute atomic E-state index is 0.0154. The predicted molar refractivity (Wildman–Crippen MR) is 111 cm³/mol. The number of benzene rings is 1. The number of nitrogens with zero attached hydrogens (tertiary/aromatic N) is 4. The van der Waals surface area contributed by atoms with E-state index in [2.05, 4.69) is 15.6 Å². The maximum Gasteiger partial charge on any atom is 0.243 e. The number of piperidine rings is 1. The number of fused-ring (bicyclic) bond motifs is 1. The first-order valence-corrected chi connectivity index (χ1v) is 12.1. The summed E-state index contributed by atoms with van der Waals surface area (Å²) in [6.45, 7) is 1.69. The zero-order valence-electron chi connectivity index (χ0n) is 17.3. The number of sulfonamides is 1. The molecule has 1 aliphatic heterocycles. The van der Waals surface area contributed by atoms with Gasteiger partial charge in [-0.2, -0.15) is 4.31 Å². The molecule has 2 heterocycles. The Kier molecular flexibility index (Phi) is 6.35. The van der Waals surface area contributed by atoms with Gasteiger partial charge in [-0.05, 0) is 43.9 Å². The maximum atomic E-state index is 13.2. The number of carbonyl (C=O) groups is 1. The lowest BCUT2D eigenvalue weighted by atomic mass is 9.98. The van der Waals surface area contributed by atoms with Crippen LogP contribution < -0.4 is 5.32 Å². The van der Waals surface area contributed by atoms with E-state index in [0.717, 1.165) is 37.6 Å². The molecular formula is C20H29N5O4S. The van der Waals surface area contributed by atoms with Gasteiger partial charge in [-0.15, -0.1) is 5.10 Å². The summed E-state index contributed by atoms with van der Waals surface area (Å²) < 4.78 is 34.7. The number of methoxy groups -OCH3 is 1. The highest BCUT2D eigenvalue weighted by Crippen LogP contribution is 2.26. The molecule has 1 amide bonds. The highest BCUT2D eigenvalue weighted by atomic mass is 32.2. The Morgan fingerprint density at radius 3 is 2.80 bits per heavy atom. The van der Waals surface area contributed by atoms with Gasteiger partial charge >= 0.3 is 0 Å². The average Bonchev–Trinajstić information content (AvgIpc) is 3.41. The molecule has 0 bridgehead atoms. The molecule has 2 fully saturated rings. The van der Waals surface area contributed by atoms with Gasteiger partial charge in [0, 0.05) is 26.2 Å². The average molecular weight is 436 g/mol. The van der Waals surface area contributed by atoms with Crippen LogP contribution in [0.25, 0.3) is 11.0 Å². The Bertz CT molecular complexity index is 1000. The van der Waals surface area contributed by atoms with Gasteiger partial charge in [0.2, 0.25) is 15.9 Å². The van der Waals surface area contributed by atoms with E-state index in [9.17, 15) is 13.2 Å². The fourth-order valence-electron chi connectivity index (χ4n) is 4.37. The highest BCUT2D eigenvalue weighted by Gasteiger charge is 2.34. The van der Waals surface area contributed by atoms with Crippen molar-refractivity contribution in [2.75, 3.05) is 26.8 Å². The number of hydrogen-bond donors (Lipinski definition) is 1. The summed E-state index contributed by atoms with van der Waals surface area (Å²) in [5.74, 6) is -0.314. The van der Waals surface area contributed by atoms with Crippen LogP contribution in [0.2, 0.25) is 0 Å². The van der Waals surface area contributed by atoms with Crippen LogP contribution >= 0.6 is 0 Å². The molecule has 1 unspecified atom stereocenters. The SMILES string of the molecule is COCCn1nnc2cc(S(=O)(=O)N3CCCC(C(=O)NC4CCCC4)C3)ccc21. The zero-order chi connectivity index (χ0) is 21.1. The largest absolute Gasteiger partial charge is 0.383 e. The van der Waals surface area contributed by atoms with E-state index in [1.165, 1.54) is 4.31 Å². The molecule has 164 valence electrons. The van der Waals surface area contributed by atoms with Crippen LogP contribution in [-0.2, 0) is 26.1 Å². The lowest BCUT2D eigenvalue weighted by molar-refractivity contribution is -0.126. The normalized spacial score (nSPS) is 21.3. The smallest absolute Gasteiger partial charge is 0.243 e. The van der Waals surface area contributed by atoms with Crippen molar-refractivity contribution < 1.29 is 17.9 Å². The third kappa shape index (κ3) is 4.35. The Morgan fingerprint density at radius 2 is 2.03 bits per heavy atom. The molecule has 1 aliphatic carbocycles. The van der Waals surface area contributed by atoms with Gasteiger partial charge in [-0.25, -0.2) is 13.1 Å². The minimum atomic E-state index is -3.70. The number of hydrogen-bond acceptors (Lipinski definition) is 6. The fourth-order valence-corrected chi connectivity index (χ4v) is 5.91. The van der Waals surface area contributed by atoms with Crippen molar-refractivity contribution in [2.24, 2.45) is 5.92 Å². The topological polar surface area (TPSA) is 106 Å². The van der Waals surface area contributed by atoms with Crippen LogP contribution in [0.1, 0.15) is 38.5 Å². The first-order chi connectivity index (χ1) is 14.5. The van der Waals surface area contributed by atoms with Gasteiger partial charge < -0.3 is 10.1 Å². The molecular weight excluding hydrogens is 406 g/mol. The zero-order valence-corrected chi connectivity index (χ0v) is 18.1. The van der Waals surface area contributed by atoms with Crippen LogP contribution in [0.4, 0.5) is 0 Å². The molecule has 30 heavy (non-hydrogen) atoms. The second-order valence-corrected chi connectivity index (χ2v) is 10.1. The number of amides is 1. The van der Waals surface area contributed by atoms with Crippen LogP contribution in [0.3, 0.4) is 0 Å². The fraction of sp³-hybridized carbons (Fsp3) is 0.650. The van der Waals surface area contributed by atoms with Gasteiger partial charge in [0.15, 0.2) is 0 Å². The predicted octanol–water partition coefficient (Wildman–Crippen LogP) is 1.54. The van der Waals surface area contributed by atoms with Crippen molar-refractivity contribution in [1.82, 2.24) is 24.6 Å². The summed E-state index contributed by atoms with van der Waals surface area (Å²) in [7, 11) is -2.09. The van der Waals surface area contributed by atoms with Crippen molar-refractivity contribution >= 4 is 27.0 Å². The van der Waals surface area contributed by atoms with E-state index in [1.54, 1.807) is 30.0 Å². The molecule has 1 aromatic carbocycles. The summed E-state index contributed by atoms with van der Waals surface area (Å²) in [5.41, 5.74) is 1.29. The van der Waals surface area contributed by atoms with E-state index < -0.39 is 10.0 Å². The van der Waals surface area contributed by atoms with Crippen molar-refractivity contribution in [3.63, 3.8) is 0 Å². The lowest BCUT2D eigenvalue weighted by Gasteiger charge is -2.31. The van der Waals surface area contributed by atoms with Crippen molar-refractivity contribution in [3.05, 3.63) is 18.2 Å². The van der Waals surface area contributed by atoms with Gasteiger partial charge in [0.1, 0.15) is 5.52 Å². The quantitative estimate of drug-likeness (QED) is 0.707. The van der Waals surface area contributed by atoms with Crippen LogP contribution in [0.15, 0.2) is 23.1 Å². The van der Waals surface area contributed by atoms with Crippen LogP contribution in [0, 0.1) is 5.92 Å². The molecule has 1 N–H and O–H groups in total. The van der Waals surface area contributed by atoms with E-state index >= 15 is 0 Å². The standard InChI is InChI=1S/C20H29N5O4S/c1-29-12-11-25-19-9-8-17(13-18(19)22-23-25)30(27,28)24-10-4-5-15(14-24)20(26)21-16-6-2-3-7-16/h8-9,13,15-16H,2-7,10-12,14H2,1H3,(H,21,26). The molecule has 2 aromatic rings. The van der Waals surface area contributed by atoms with Gasteiger partial charge in [-0.1, -0.05) is 18.1 Å². The van der Waals surface area contributed by atoms with Gasteiger partial charge in [-0.3, -0.25) is 4.79 Å². The van der Waals surface area contributed by atoms with E-state index in [1.807, 2.05) is 0 Å². The molecule has 2 aliphatic rings. The molecule has 1 saturated heterocycles. The second-order valence-electron chi connectivity index (χ2n) is 8.15. The molecule has 4 rings (SSSR count). The summed E-state index contributed by atoms with van der Waals surface area (Å²) in [4.78, 5) is 12.8. The van der Waals surface area contributed by atoms with Gasteiger partial charge in [0.25, 0.3) is 0 Å². The Morgan fingerprint density at radius 1 is 1.23 bits per heavy atom. The van der Waals surface area contributed by atoms with Crippen molar-refractivity contribution in [2.45, 2.75) is 56.0 Å². The third-order valence-electron chi connectivity index (χ3n) is 6.09. The highest BCUT2D eigenvalue weighted by molar-refractivity contribution is 7.89. The molecule has 1 saturated carbocycles. The third-order valence-corrected chi connectivity index (χ3v) is 7.95. The van der Waals surface area contributed by atoms with Crippen molar-refractivity contribution in [1.29, 1.82) is 0 Å². The van der Waals surface area contributed by atoms with Crippen LogP contribution in [0.5, 0.6) is 0 Å². The summed E-state index contributed by atoms with van der Waals surface area (Å²) in [5, 5.41) is 11.3. The first kappa shape index (κ1) is 21.2. The van der Waals surface area contributed by atoms with Crippen LogP contribution in [-0.4, -0.2) is 66.5 Å². The van der Waals surface area contributed by atoms with E-state index in [4.69, 9.17) is 4.74 Å². The molecule has 0 radical (unpaired) electrons. The minimum Gasteiger partial charge on any atom is -0.383 e. The van der Waals surface area contributed by atoms with Crippen molar-refractivity contribution in [3.8, 4) is 0 Å². The molecule has 1 atom stereocenters. The molecule has 0 spiro atoms. The number of nitrogens with one attached hydrogen (secondary N) is 1. The first-order valence-electron chi connectivity index (χ1n) is 10.6. The Hall–Kier alpha value is -2.04. The van der Waals surface area contributed by atoms with Gasteiger partial charge in [0.05, 0.1) is 29.5 Å². The second kappa shape index (κ2) is 8.99. The molecule has 1 aromatic heterocycles.